The van der Waals surface area contributed by atoms with Crippen molar-refractivity contribution < 1.29 is 24.2 Å². The highest BCUT2D eigenvalue weighted by Crippen LogP contribution is 2.34. The van der Waals surface area contributed by atoms with Crippen LogP contribution in [0.3, 0.4) is 0 Å². The number of ether oxygens (including phenoxy) is 2. The van der Waals surface area contributed by atoms with E-state index < -0.39 is 11.9 Å². The molecular formula is C19H25NO5. The molecular weight excluding hydrogens is 322 g/mol. The Kier molecular flexibility index (Phi) is 5.16. The van der Waals surface area contributed by atoms with Crippen molar-refractivity contribution in [1.82, 2.24) is 4.90 Å². The summed E-state index contributed by atoms with van der Waals surface area (Å²) in [6.45, 7) is 2.25. The van der Waals surface area contributed by atoms with Crippen molar-refractivity contribution in [1.29, 1.82) is 0 Å². The molecule has 0 radical (unpaired) electrons. The molecule has 1 aromatic carbocycles. The molecule has 2 fully saturated rings. The van der Waals surface area contributed by atoms with Crippen molar-refractivity contribution >= 4 is 11.9 Å². The van der Waals surface area contributed by atoms with Gasteiger partial charge in [0.15, 0.2) is 11.5 Å². The first-order valence-electron chi connectivity index (χ1n) is 8.89. The van der Waals surface area contributed by atoms with E-state index in [-0.39, 0.29) is 18.1 Å². The lowest BCUT2D eigenvalue weighted by atomic mass is 10.0. The predicted molar refractivity (Wildman–Crippen MR) is 92.1 cm³/mol. The SMILES string of the molecule is COc1ccc(C(=O)N2CCC(C(=O)O)C2C)cc1OC1CCCC1. The van der Waals surface area contributed by atoms with Gasteiger partial charge in [-0.2, -0.15) is 0 Å². The number of aliphatic carboxylic acids is 1. The normalized spacial score (nSPS) is 23.7. The molecule has 2 unspecified atom stereocenters. The van der Waals surface area contributed by atoms with Gasteiger partial charge in [0.05, 0.1) is 19.1 Å². The lowest BCUT2D eigenvalue weighted by Crippen LogP contribution is -2.37. The van der Waals surface area contributed by atoms with Crippen LogP contribution < -0.4 is 9.47 Å². The van der Waals surface area contributed by atoms with Gasteiger partial charge in [0.2, 0.25) is 0 Å². The van der Waals surface area contributed by atoms with Crippen molar-refractivity contribution in [3.8, 4) is 11.5 Å². The number of amides is 1. The highest BCUT2D eigenvalue weighted by molar-refractivity contribution is 5.95. The van der Waals surface area contributed by atoms with Crippen LogP contribution in [0, 0.1) is 5.92 Å². The Morgan fingerprint density at radius 3 is 2.48 bits per heavy atom. The lowest BCUT2D eigenvalue weighted by molar-refractivity contribution is -0.142. The molecule has 1 aliphatic carbocycles. The summed E-state index contributed by atoms with van der Waals surface area (Å²) in [6, 6.07) is 4.86. The van der Waals surface area contributed by atoms with Crippen molar-refractivity contribution in [3.63, 3.8) is 0 Å². The Bertz CT molecular complexity index is 653. The van der Waals surface area contributed by atoms with Gasteiger partial charge in [-0.3, -0.25) is 9.59 Å². The molecule has 3 rings (SSSR count). The molecule has 2 aliphatic rings. The lowest BCUT2D eigenvalue weighted by Gasteiger charge is -2.24. The van der Waals surface area contributed by atoms with Crippen molar-refractivity contribution in [2.45, 2.75) is 51.2 Å². The number of nitrogens with zero attached hydrogens (tertiary/aromatic N) is 1. The second-order valence-electron chi connectivity index (χ2n) is 6.86. The zero-order valence-electron chi connectivity index (χ0n) is 14.7. The Hall–Kier alpha value is -2.24. The second-order valence-corrected chi connectivity index (χ2v) is 6.86. The number of hydrogen-bond acceptors (Lipinski definition) is 4. The molecule has 136 valence electrons. The molecule has 6 nitrogen and oxygen atoms in total. The van der Waals surface area contributed by atoms with Gasteiger partial charge in [-0.1, -0.05) is 0 Å². The Labute approximate surface area is 147 Å². The summed E-state index contributed by atoms with van der Waals surface area (Å²) in [5.74, 6) is -0.308. The van der Waals surface area contributed by atoms with E-state index >= 15 is 0 Å². The molecule has 6 heteroatoms. The topological polar surface area (TPSA) is 76.1 Å². The zero-order valence-corrected chi connectivity index (χ0v) is 14.7. The number of carbonyl (C=O) groups excluding carboxylic acids is 1. The summed E-state index contributed by atoms with van der Waals surface area (Å²) in [5.41, 5.74) is 0.506. The first-order chi connectivity index (χ1) is 12.0. The summed E-state index contributed by atoms with van der Waals surface area (Å²) in [6.07, 6.45) is 5.02. The number of benzene rings is 1. The van der Waals surface area contributed by atoms with E-state index in [0.717, 1.165) is 25.7 Å². The van der Waals surface area contributed by atoms with E-state index in [1.54, 1.807) is 37.1 Å². The van der Waals surface area contributed by atoms with E-state index in [4.69, 9.17) is 9.47 Å². The molecule has 1 aliphatic heterocycles. The molecule has 1 saturated carbocycles. The van der Waals surface area contributed by atoms with Gasteiger partial charge in [0.1, 0.15) is 0 Å². The summed E-state index contributed by atoms with van der Waals surface area (Å²) >= 11 is 0. The molecule has 1 amide bonds. The fourth-order valence-electron chi connectivity index (χ4n) is 3.81. The first-order valence-corrected chi connectivity index (χ1v) is 8.89. The molecule has 0 bridgehead atoms. The molecule has 1 saturated heterocycles. The Balaban J connectivity index is 1.79. The summed E-state index contributed by atoms with van der Waals surface area (Å²) in [4.78, 5) is 25.8. The van der Waals surface area contributed by atoms with E-state index in [9.17, 15) is 14.7 Å². The zero-order chi connectivity index (χ0) is 18.0. The number of carbonyl (C=O) groups is 2. The molecule has 25 heavy (non-hydrogen) atoms. The molecule has 0 aromatic heterocycles. The predicted octanol–water partition coefficient (Wildman–Crippen LogP) is 2.95. The third kappa shape index (κ3) is 3.57. The van der Waals surface area contributed by atoms with E-state index in [1.165, 1.54) is 0 Å². The number of likely N-dealkylation sites (tertiary alicyclic amines) is 1. The van der Waals surface area contributed by atoms with Gasteiger partial charge >= 0.3 is 5.97 Å². The van der Waals surface area contributed by atoms with Crippen LogP contribution >= 0.6 is 0 Å². The first kappa shape index (κ1) is 17.6. The van der Waals surface area contributed by atoms with Gasteiger partial charge in [-0.15, -0.1) is 0 Å². The summed E-state index contributed by atoms with van der Waals surface area (Å²) < 4.78 is 11.4. The van der Waals surface area contributed by atoms with Crippen LogP contribution in [0.2, 0.25) is 0 Å². The fourth-order valence-corrected chi connectivity index (χ4v) is 3.81. The van der Waals surface area contributed by atoms with Crippen LogP contribution in [0.1, 0.15) is 49.4 Å². The average molecular weight is 347 g/mol. The molecule has 2 atom stereocenters. The maximum atomic E-state index is 12.9. The minimum atomic E-state index is -0.845. The minimum absolute atomic E-state index is 0.157. The quantitative estimate of drug-likeness (QED) is 0.886. The van der Waals surface area contributed by atoms with E-state index in [2.05, 4.69) is 0 Å². The standard InChI is InChI=1S/C19H25NO5/c1-12-15(19(22)23)9-10-20(12)18(21)13-7-8-16(24-2)17(11-13)25-14-5-3-4-6-14/h7-8,11-12,14-15H,3-6,9-10H2,1-2H3,(H,22,23). The van der Waals surface area contributed by atoms with Crippen molar-refractivity contribution in [3.05, 3.63) is 23.8 Å². The van der Waals surface area contributed by atoms with Crippen molar-refractivity contribution in [2.75, 3.05) is 13.7 Å². The summed E-state index contributed by atoms with van der Waals surface area (Å²) in [7, 11) is 1.58. The third-order valence-electron chi connectivity index (χ3n) is 5.34. The van der Waals surface area contributed by atoms with E-state index in [1.807, 2.05) is 0 Å². The monoisotopic (exact) mass is 347 g/mol. The number of rotatable bonds is 5. The van der Waals surface area contributed by atoms with Crippen LogP contribution in [0.5, 0.6) is 11.5 Å². The maximum absolute atomic E-state index is 12.9. The van der Waals surface area contributed by atoms with Gasteiger partial charge in [0.25, 0.3) is 5.91 Å². The average Bonchev–Trinajstić information content (AvgIpc) is 3.23. The van der Waals surface area contributed by atoms with Crippen LogP contribution in [-0.4, -0.2) is 47.7 Å². The van der Waals surface area contributed by atoms with Gasteiger partial charge in [-0.25, -0.2) is 0 Å². The minimum Gasteiger partial charge on any atom is -0.493 e. The van der Waals surface area contributed by atoms with Crippen LogP contribution in [0.25, 0.3) is 0 Å². The Morgan fingerprint density at radius 2 is 1.88 bits per heavy atom. The molecule has 1 heterocycles. The van der Waals surface area contributed by atoms with Crippen LogP contribution in [-0.2, 0) is 4.79 Å². The number of carboxylic acids is 1. The maximum Gasteiger partial charge on any atom is 0.308 e. The van der Waals surface area contributed by atoms with Gasteiger partial charge in [0, 0.05) is 18.2 Å². The summed E-state index contributed by atoms with van der Waals surface area (Å²) in [5, 5.41) is 9.25. The molecule has 1 N–H and O–H groups in total. The largest absolute Gasteiger partial charge is 0.493 e. The molecule has 1 aromatic rings. The van der Waals surface area contributed by atoms with Gasteiger partial charge < -0.3 is 19.5 Å². The number of hydrogen-bond donors (Lipinski definition) is 1. The smallest absolute Gasteiger partial charge is 0.308 e. The van der Waals surface area contributed by atoms with Crippen LogP contribution in [0.15, 0.2) is 18.2 Å². The van der Waals surface area contributed by atoms with E-state index in [0.29, 0.717) is 30.0 Å². The highest BCUT2D eigenvalue weighted by Gasteiger charge is 2.38. The third-order valence-corrected chi connectivity index (χ3v) is 5.34. The second kappa shape index (κ2) is 7.33. The van der Waals surface area contributed by atoms with Crippen LogP contribution in [0.4, 0.5) is 0 Å². The molecule has 0 spiro atoms. The van der Waals surface area contributed by atoms with Gasteiger partial charge in [-0.05, 0) is 57.2 Å². The highest BCUT2D eigenvalue weighted by atomic mass is 16.5. The van der Waals surface area contributed by atoms with Crippen molar-refractivity contribution in [2.24, 2.45) is 5.92 Å². The fraction of sp³-hybridized carbons (Fsp3) is 0.579. The number of methoxy groups -OCH3 is 1. The number of carboxylic acid groups (broad SMARTS) is 1. The Morgan fingerprint density at radius 1 is 1.16 bits per heavy atom.